The molecular formula is C19H28N6O2S. The Morgan fingerprint density at radius 2 is 2.21 bits per heavy atom. The molecule has 0 bridgehead atoms. The zero-order valence-corrected chi connectivity index (χ0v) is 17.8. The van der Waals surface area contributed by atoms with Crippen LogP contribution in [0.15, 0.2) is 28.7 Å². The Labute approximate surface area is 170 Å². The lowest BCUT2D eigenvalue weighted by molar-refractivity contribution is -0.116. The number of amides is 1. The fraction of sp³-hybridized carbons (Fsp3) is 0.474. The summed E-state index contributed by atoms with van der Waals surface area (Å²) < 4.78 is 5.30. The minimum Gasteiger partial charge on any atom is -0.375 e. The predicted molar refractivity (Wildman–Crippen MR) is 113 cm³/mol. The van der Waals surface area contributed by atoms with Crippen LogP contribution in [0.5, 0.6) is 0 Å². The number of aryl methyl sites for hydroxylation is 1. The molecule has 1 unspecified atom stereocenters. The molecule has 0 aromatic carbocycles. The maximum atomic E-state index is 12.1. The summed E-state index contributed by atoms with van der Waals surface area (Å²) in [6.07, 6.45) is 2.03. The van der Waals surface area contributed by atoms with Gasteiger partial charge in [0.25, 0.3) is 0 Å². The molecule has 0 saturated heterocycles. The Kier molecular flexibility index (Phi) is 8.34. The van der Waals surface area contributed by atoms with Crippen molar-refractivity contribution >= 4 is 29.0 Å². The van der Waals surface area contributed by atoms with E-state index in [1.54, 1.807) is 37.8 Å². The highest BCUT2D eigenvalue weighted by Gasteiger charge is 2.13. The van der Waals surface area contributed by atoms with Crippen molar-refractivity contribution in [2.45, 2.75) is 32.9 Å². The van der Waals surface area contributed by atoms with Crippen LogP contribution in [0.25, 0.3) is 0 Å². The van der Waals surface area contributed by atoms with Crippen LogP contribution >= 0.6 is 11.3 Å². The minimum absolute atomic E-state index is 0.0111. The van der Waals surface area contributed by atoms with Crippen LogP contribution in [0.2, 0.25) is 0 Å². The Morgan fingerprint density at radius 1 is 1.43 bits per heavy atom. The van der Waals surface area contributed by atoms with E-state index in [0.717, 1.165) is 16.3 Å². The molecule has 1 atom stereocenters. The summed E-state index contributed by atoms with van der Waals surface area (Å²) in [5.41, 5.74) is 2.01. The number of aromatic nitrogens is 2. The van der Waals surface area contributed by atoms with Gasteiger partial charge in [-0.15, -0.1) is 11.3 Å². The number of nitrogens with one attached hydrogen (secondary N) is 2. The van der Waals surface area contributed by atoms with Gasteiger partial charge in [0.2, 0.25) is 5.91 Å². The standard InChI is InChI=1S/C19H28N6O2S/c1-13-6-7-16(22-10-13)24-17(26)8-9-21-19(20-3)25(4)11-15-12-28-18(23-15)14(2)27-5/h6-7,10,12,14H,8-9,11H2,1-5H3,(H,20,21)(H,22,24,26). The van der Waals surface area contributed by atoms with Crippen LogP contribution in [0, 0.1) is 6.92 Å². The van der Waals surface area contributed by atoms with Crippen molar-refractivity contribution in [1.82, 2.24) is 20.2 Å². The first kappa shape index (κ1) is 21.8. The first-order valence-corrected chi connectivity index (χ1v) is 9.92. The number of hydrogen-bond acceptors (Lipinski definition) is 6. The highest BCUT2D eigenvalue weighted by atomic mass is 32.1. The van der Waals surface area contributed by atoms with Gasteiger partial charge in [-0.3, -0.25) is 9.79 Å². The second kappa shape index (κ2) is 10.7. The lowest BCUT2D eigenvalue weighted by Gasteiger charge is -2.21. The van der Waals surface area contributed by atoms with Crippen molar-refractivity contribution in [3.8, 4) is 0 Å². The average molecular weight is 405 g/mol. The number of carbonyl (C=O) groups excluding carboxylic acids is 1. The van der Waals surface area contributed by atoms with Gasteiger partial charge in [0.1, 0.15) is 16.9 Å². The Hall–Kier alpha value is -2.52. The van der Waals surface area contributed by atoms with E-state index in [1.165, 1.54) is 0 Å². The maximum absolute atomic E-state index is 12.1. The molecule has 2 aromatic heterocycles. The van der Waals surface area contributed by atoms with Crippen molar-refractivity contribution in [3.05, 3.63) is 40.0 Å². The first-order valence-electron chi connectivity index (χ1n) is 9.04. The van der Waals surface area contributed by atoms with Gasteiger partial charge in [-0.2, -0.15) is 0 Å². The number of ether oxygens (including phenoxy) is 1. The summed E-state index contributed by atoms with van der Waals surface area (Å²) in [7, 11) is 5.33. The smallest absolute Gasteiger partial charge is 0.227 e. The van der Waals surface area contributed by atoms with Crippen LogP contribution in [-0.4, -0.2) is 54.5 Å². The summed E-state index contributed by atoms with van der Waals surface area (Å²) in [5, 5.41) is 8.96. The molecule has 152 valence electrons. The third kappa shape index (κ3) is 6.58. The first-order chi connectivity index (χ1) is 13.4. The summed E-state index contributed by atoms with van der Waals surface area (Å²) >= 11 is 1.59. The van der Waals surface area contributed by atoms with Crippen LogP contribution in [-0.2, 0) is 16.1 Å². The Morgan fingerprint density at radius 3 is 2.86 bits per heavy atom. The van der Waals surface area contributed by atoms with Gasteiger partial charge >= 0.3 is 0 Å². The topological polar surface area (TPSA) is 91.7 Å². The highest BCUT2D eigenvalue weighted by molar-refractivity contribution is 7.09. The third-order valence-corrected chi connectivity index (χ3v) is 5.11. The van der Waals surface area contributed by atoms with Crippen molar-refractivity contribution in [2.24, 2.45) is 4.99 Å². The molecule has 0 saturated carbocycles. The van der Waals surface area contributed by atoms with Gasteiger partial charge < -0.3 is 20.3 Å². The van der Waals surface area contributed by atoms with E-state index >= 15 is 0 Å². The van der Waals surface area contributed by atoms with Crippen molar-refractivity contribution in [2.75, 3.05) is 33.1 Å². The number of thiazole rings is 1. The number of guanidine groups is 1. The summed E-state index contributed by atoms with van der Waals surface area (Å²) in [6.45, 7) is 5.02. The number of pyridine rings is 1. The molecule has 0 aliphatic rings. The largest absolute Gasteiger partial charge is 0.375 e. The number of rotatable bonds is 8. The quantitative estimate of drug-likeness (QED) is 0.519. The van der Waals surface area contributed by atoms with Gasteiger partial charge in [0.05, 0.1) is 12.2 Å². The summed E-state index contributed by atoms with van der Waals surface area (Å²) in [4.78, 5) is 27.1. The second-order valence-electron chi connectivity index (χ2n) is 6.40. The Bertz CT molecular complexity index is 790. The number of anilines is 1. The molecule has 0 spiro atoms. The normalized spacial score (nSPS) is 12.5. The predicted octanol–water partition coefficient (Wildman–Crippen LogP) is 2.59. The fourth-order valence-corrected chi connectivity index (χ4v) is 3.26. The lowest BCUT2D eigenvalue weighted by atomic mass is 10.3. The number of methoxy groups -OCH3 is 1. The average Bonchev–Trinajstić information content (AvgIpc) is 3.14. The number of hydrogen-bond donors (Lipinski definition) is 2. The molecule has 1 amide bonds. The third-order valence-electron chi connectivity index (χ3n) is 4.06. The summed E-state index contributed by atoms with van der Waals surface area (Å²) in [6, 6.07) is 3.70. The van der Waals surface area contributed by atoms with Gasteiger partial charge in [-0.25, -0.2) is 9.97 Å². The van der Waals surface area contributed by atoms with Gasteiger partial charge in [0, 0.05) is 45.7 Å². The number of aliphatic imine (C=N–C) groups is 1. The molecule has 2 N–H and O–H groups in total. The number of carbonyl (C=O) groups is 1. The number of nitrogens with zero attached hydrogens (tertiary/aromatic N) is 4. The molecule has 0 aliphatic carbocycles. The van der Waals surface area contributed by atoms with E-state index < -0.39 is 0 Å². The molecule has 2 aromatic rings. The van der Waals surface area contributed by atoms with Crippen LogP contribution in [0.3, 0.4) is 0 Å². The molecule has 9 heteroatoms. The molecule has 28 heavy (non-hydrogen) atoms. The molecule has 2 rings (SSSR count). The molecule has 2 heterocycles. The van der Waals surface area contributed by atoms with E-state index in [2.05, 4.69) is 25.6 Å². The van der Waals surface area contributed by atoms with E-state index in [-0.39, 0.29) is 12.0 Å². The van der Waals surface area contributed by atoms with E-state index in [1.807, 2.05) is 37.2 Å². The zero-order valence-electron chi connectivity index (χ0n) is 17.0. The van der Waals surface area contributed by atoms with E-state index in [0.29, 0.717) is 31.3 Å². The summed E-state index contributed by atoms with van der Waals surface area (Å²) in [5.74, 6) is 1.16. The molecule has 0 fully saturated rings. The highest BCUT2D eigenvalue weighted by Crippen LogP contribution is 2.20. The second-order valence-corrected chi connectivity index (χ2v) is 7.29. The van der Waals surface area contributed by atoms with Crippen LogP contribution < -0.4 is 10.6 Å². The monoisotopic (exact) mass is 404 g/mol. The molecule has 0 aliphatic heterocycles. The van der Waals surface area contributed by atoms with Crippen molar-refractivity contribution in [1.29, 1.82) is 0 Å². The van der Waals surface area contributed by atoms with Crippen LogP contribution in [0.4, 0.5) is 5.82 Å². The van der Waals surface area contributed by atoms with Crippen molar-refractivity contribution in [3.63, 3.8) is 0 Å². The van der Waals surface area contributed by atoms with Crippen LogP contribution in [0.1, 0.15) is 35.7 Å². The molecular weight excluding hydrogens is 376 g/mol. The maximum Gasteiger partial charge on any atom is 0.227 e. The van der Waals surface area contributed by atoms with Gasteiger partial charge in [0.15, 0.2) is 5.96 Å². The molecule has 0 radical (unpaired) electrons. The lowest BCUT2D eigenvalue weighted by Crippen LogP contribution is -2.39. The Balaban J connectivity index is 1.79. The SMILES string of the molecule is CN=C(NCCC(=O)Nc1ccc(C)cn1)N(C)Cc1csc(C(C)OC)n1. The zero-order chi connectivity index (χ0) is 20.5. The molecule has 8 nitrogen and oxygen atoms in total. The minimum atomic E-state index is -0.0975. The van der Waals surface area contributed by atoms with Gasteiger partial charge in [-0.05, 0) is 25.5 Å². The van der Waals surface area contributed by atoms with E-state index in [4.69, 9.17) is 4.74 Å². The van der Waals surface area contributed by atoms with E-state index in [9.17, 15) is 4.79 Å². The fourth-order valence-electron chi connectivity index (χ4n) is 2.42. The van der Waals surface area contributed by atoms with Crippen molar-refractivity contribution < 1.29 is 9.53 Å². The van der Waals surface area contributed by atoms with Gasteiger partial charge in [-0.1, -0.05) is 6.07 Å².